The van der Waals surface area contributed by atoms with E-state index in [1.165, 1.54) is 40.2 Å². The number of hydrogen-bond acceptors (Lipinski definition) is 7. The Balaban J connectivity index is 1.83. The summed E-state index contributed by atoms with van der Waals surface area (Å²) in [4.78, 5) is 14.3. The zero-order valence-corrected chi connectivity index (χ0v) is 11.7. The lowest BCUT2D eigenvalue weighted by molar-refractivity contribution is -0.385. The minimum atomic E-state index is -0.631. The van der Waals surface area contributed by atoms with E-state index in [-0.39, 0.29) is 12.2 Å². The second kappa shape index (κ2) is 6.13. The Morgan fingerprint density at radius 2 is 2.47 bits per heavy atom. The molecule has 0 fully saturated rings. The van der Waals surface area contributed by atoms with Crippen LogP contribution < -0.4 is 0 Å². The highest BCUT2D eigenvalue weighted by Crippen LogP contribution is 2.23. The van der Waals surface area contributed by atoms with Crippen molar-refractivity contribution in [2.45, 2.75) is 23.9 Å². The van der Waals surface area contributed by atoms with Crippen LogP contribution in [0.4, 0.5) is 5.69 Å². The molecule has 0 aliphatic heterocycles. The molecule has 102 valence electrons. The molecule has 0 spiro atoms. The van der Waals surface area contributed by atoms with Crippen LogP contribution in [0.3, 0.4) is 0 Å². The van der Waals surface area contributed by atoms with E-state index < -0.39 is 11.0 Å². The van der Waals surface area contributed by atoms with Gasteiger partial charge in [0.15, 0.2) is 0 Å². The lowest BCUT2D eigenvalue weighted by Gasteiger charge is -2.08. The largest absolute Gasteiger partial charge is 0.390 e. The number of aromatic nitrogens is 3. The summed E-state index contributed by atoms with van der Waals surface area (Å²) in [5, 5.41) is 26.1. The van der Waals surface area contributed by atoms with Crippen molar-refractivity contribution in [3.05, 3.63) is 33.6 Å². The van der Waals surface area contributed by atoms with Crippen LogP contribution in [-0.4, -0.2) is 36.7 Å². The molecule has 0 saturated carbocycles. The van der Waals surface area contributed by atoms with Gasteiger partial charge in [0.1, 0.15) is 16.7 Å². The summed E-state index contributed by atoms with van der Waals surface area (Å²) in [6.07, 6.45) is 1.85. The van der Waals surface area contributed by atoms with E-state index in [2.05, 4.69) is 10.1 Å². The zero-order valence-electron chi connectivity index (χ0n) is 10.1. The molecule has 1 N–H and O–H groups in total. The summed E-state index contributed by atoms with van der Waals surface area (Å²) in [7, 11) is 0. The van der Waals surface area contributed by atoms with Crippen molar-refractivity contribution in [1.29, 1.82) is 0 Å². The van der Waals surface area contributed by atoms with Crippen molar-refractivity contribution in [2.75, 3.05) is 5.75 Å². The third kappa shape index (κ3) is 4.01. The molecule has 2 aromatic heterocycles. The molecule has 0 aromatic carbocycles. The number of nitro groups is 1. The fourth-order valence-electron chi connectivity index (χ4n) is 1.38. The van der Waals surface area contributed by atoms with Gasteiger partial charge in [0, 0.05) is 16.8 Å². The molecule has 0 radical (unpaired) electrons. The van der Waals surface area contributed by atoms with Crippen LogP contribution >= 0.6 is 23.1 Å². The second-order valence-electron chi connectivity index (χ2n) is 3.90. The van der Waals surface area contributed by atoms with Gasteiger partial charge >= 0.3 is 5.69 Å². The Kier molecular flexibility index (Phi) is 4.51. The first kappa shape index (κ1) is 14.0. The molecule has 9 heteroatoms. The van der Waals surface area contributed by atoms with Gasteiger partial charge in [-0.1, -0.05) is 11.8 Å². The molecule has 0 bridgehead atoms. The van der Waals surface area contributed by atoms with Gasteiger partial charge in [-0.2, -0.15) is 5.10 Å². The lowest BCUT2D eigenvalue weighted by atomic mass is 10.4. The summed E-state index contributed by atoms with van der Waals surface area (Å²) >= 11 is 3.00. The van der Waals surface area contributed by atoms with Crippen molar-refractivity contribution in [2.24, 2.45) is 0 Å². The van der Waals surface area contributed by atoms with E-state index in [0.29, 0.717) is 5.75 Å². The maximum atomic E-state index is 10.5. The number of hydrogen-bond donors (Lipinski definition) is 1. The predicted octanol–water partition coefficient (Wildman–Crippen LogP) is 1.71. The number of thiazole rings is 1. The van der Waals surface area contributed by atoms with Gasteiger partial charge in [-0.3, -0.25) is 14.8 Å². The van der Waals surface area contributed by atoms with Crippen molar-refractivity contribution in [1.82, 2.24) is 14.8 Å². The number of aryl methyl sites for hydroxylation is 1. The summed E-state index contributed by atoms with van der Waals surface area (Å²) in [6.45, 7) is 2.14. The fraction of sp³-hybridized carbons (Fsp3) is 0.400. The Morgan fingerprint density at radius 3 is 3.05 bits per heavy atom. The average molecular weight is 300 g/mol. The van der Waals surface area contributed by atoms with E-state index in [4.69, 9.17) is 0 Å². The van der Waals surface area contributed by atoms with Crippen LogP contribution in [0, 0.1) is 17.0 Å². The van der Waals surface area contributed by atoms with Crippen LogP contribution in [0.1, 0.15) is 5.69 Å². The highest BCUT2D eigenvalue weighted by Gasteiger charge is 2.12. The number of aliphatic hydroxyl groups is 1. The highest BCUT2D eigenvalue weighted by molar-refractivity contribution is 8.01. The molecule has 2 aromatic rings. The number of nitrogens with zero attached hydrogens (tertiary/aromatic N) is 4. The van der Waals surface area contributed by atoms with Crippen LogP contribution in [0.2, 0.25) is 0 Å². The van der Waals surface area contributed by atoms with E-state index in [1.54, 1.807) is 0 Å². The number of thioether (sulfide) groups is 1. The SMILES string of the molecule is Cc1csc(SC[C@@H](O)Cn2cc([N+](=O)[O-])cn2)n1. The van der Waals surface area contributed by atoms with Crippen LogP contribution in [0.5, 0.6) is 0 Å². The van der Waals surface area contributed by atoms with Crippen molar-refractivity contribution in [3.8, 4) is 0 Å². The second-order valence-corrected chi connectivity index (χ2v) is 6.02. The molecule has 0 aliphatic carbocycles. The lowest BCUT2D eigenvalue weighted by Crippen LogP contribution is -2.18. The molecule has 2 heterocycles. The van der Waals surface area contributed by atoms with E-state index >= 15 is 0 Å². The minimum Gasteiger partial charge on any atom is -0.390 e. The van der Waals surface area contributed by atoms with Gasteiger partial charge in [-0.15, -0.1) is 11.3 Å². The van der Waals surface area contributed by atoms with Gasteiger partial charge in [-0.25, -0.2) is 4.98 Å². The molecule has 0 unspecified atom stereocenters. The summed E-state index contributed by atoms with van der Waals surface area (Å²) in [5.74, 6) is 0.473. The third-order valence-electron chi connectivity index (χ3n) is 2.23. The Labute approximate surface area is 117 Å². The third-order valence-corrected chi connectivity index (χ3v) is 4.51. The average Bonchev–Trinajstić information content (AvgIpc) is 2.96. The van der Waals surface area contributed by atoms with Crippen molar-refractivity contribution < 1.29 is 10.0 Å². The van der Waals surface area contributed by atoms with Gasteiger partial charge in [-0.05, 0) is 6.92 Å². The van der Waals surface area contributed by atoms with E-state index in [9.17, 15) is 15.2 Å². The monoisotopic (exact) mass is 300 g/mol. The molecule has 19 heavy (non-hydrogen) atoms. The maximum absolute atomic E-state index is 10.5. The van der Waals surface area contributed by atoms with Crippen molar-refractivity contribution >= 4 is 28.8 Å². The maximum Gasteiger partial charge on any atom is 0.306 e. The first-order valence-corrected chi connectivity index (χ1v) is 7.31. The predicted molar refractivity (Wildman–Crippen MR) is 72.5 cm³/mol. The molecule has 0 saturated heterocycles. The molecule has 2 rings (SSSR count). The molecular weight excluding hydrogens is 288 g/mol. The number of aliphatic hydroxyl groups excluding tert-OH is 1. The van der Waals surface area contributed by atoms with Gasteiger partial charge < -0.3 is 5.11 Å². The first-order valence-electron chi connectivity index (χ1n) is 5.44. The molecule has 0 aliphatic rings. The summed E-state index contributed by atoms with van der Waals surface area (Å²) in [6, 6.07) is 0. The van der Waals surface area contributed by atoms with Crippen molar-refractivity contribution in [3.63, 3.8) is 0 Å². The minimum absolute atomic E-state index is 0.0737. The quantitative estimate of drug-likeness (QED) is 0.496. The molecular formula is C10H12N4O3S2. The van der Waals surface area contributed by atoms with Gasteiger partial charge in [0.25, 0.3) is 0 Å². The first-order chi connectivity index (χ1) is 9.04. The van der Waals surface area contributed by atoms with E-state index in [1.807, 2.05) is 12.3 Å². The van der Waals surface area contributed by atoms with E-state index in [0.717, 1.165) is 10.0 Å². The Hall–Kier alpha value is -1.45. The standard InChI is InChI=1S/C10H12N4O3S2/c1-7-5-18-10(12-7)19-6-9(15)4-13-3-8(2-11-13)14(16)17/h2-3,5,9,15H,4,6H2,1H3/t9-/m0/s1. The van der Waals surface area contributed by atoms with Gasteiger partial charge in [0.2, 0.25) is 0 Å². The van der Waals surface area contributed by atoms with Gasteiger partial charge in [0.05, 0.1) is 17.6 Å². The van der Waals surface area contributed by atoms with Crippen LogP contribution in [0.25, 0.3) is 0 Å². The molecule has 1 atom stereocenters. The summed E-state index contributed by atoms with van der Waals surface area (Å²) in [5.41, 5.74) is 0.889. The Morgan fingerprint density at radius 1 is 1.68 bits per heavy atom. The smallest absolute Gasteiger partial charge is 0.306 e. The highest BCUT2D eigenvalue weighted by atomic mass is 32.2. The Bertz CT molecular complexity index is 569. The topological polar surface area (TPSA) is 94.1 Å². The van der Waals surface area contributed by atoms with Crippen LogP contribution in [-0.2, 0) is 6.54 Å². The fourth-order valence-corrected chi connectivity index (χ4v) is 3.17. The number of rotatable bonds is 6. The molecule has 7 nitrogen and oxygen atoms in total. The summed E-state index contributed by atoms with van der Waals surface area (Å²) < 4.78 is 2.28. The molecule has 0 amide bonds. The zero-order chi connectivity index (χ0) is 13.8. The van der Waals surface area contributed by atoms with Crippen LogP contribution in [0.15, 0.2) is 22.1 Å². The normalized spacial score (nSPS) is 12.5.